The van der Waals surface area contributed by atoms with Crippen LogP contribution in [0.15, 0.2) is 35.2 Å². The van der Waals surface area contributed by atoms with Gasteiger partial charge in [-0.3, -0.25) is 14.9 Å². The SMILES string of the molecule is CCCCCCSC1=CC(=O)C(c2ccc(OC)cc2)NCC1=O. The third kappa shape index (κ3) is 5.21. The molecule has 5 heteroatoms. The zero-order chi connectivity index (χ0) is 17.4. The summed E-state index contributed by atoms with van der Waals surface area (Å²) in [5.41, 5.74) is 0.846. The van der Waals surface area contributed by atoms with E-state index in [1.165, 1.54) is 37.1 Å². The average Bonchev–Trinajstić information content (AvgIpc) is 2.74. The molecule has 1 aliphatic heterocycles. The number of ether oxygens (including phenoxy) is 1. The Balaban J connectivity index is 2.01. The quantitative estimate of drug-likeness (QED) is 0.727. The number of thioether (sulfide) groups is 1. The van der Waals surface area contributed by atoms with E-state index in [2.05, 4.69) is 12.2 Å². The highest BCUT2D eigenvalue weighted by atomic mass is 32.2. The fraction of sp³-hybridized carbons (Fsp3) is 0.474. The number of carbonyl (C=O) groups is 2. The molecule has 0 saturated carbocycles. The van der Waals surface area contributed by atoms with Crippen LogP contribution in [-0.4, -0.2) is 31.0 Å². The van der Waals surface area contributed by atoms with Gasteiger partial charge in [-0.2, -0.15) is 0 Å². The summed E-state index contributed by atoms with van der Waals surface area (Å²) in [5.74, 6) is 1.56. The van der Waals surface area contributed by atoms with Crippen molar-refractivity contribution in [3.63, 3.8) is 0 Å². The highest BCUT2D eigenvalue weighted by Gasteiger charge is 2.25. The van der Waals surface area contributed by atoms with Gasteiger partial charge in [0.2, 0.25) is 0 Å². The number of benzene rings is 1. The van der Waals surface area contributed by atoms with Crippen LogP contribution in [-0.2, 0) is 9.59 Å². The van der Waals surface area contributed by atoms with E-state index in [0.29, 0.717) is 4.91 Å². The van der Waals surface area contributed by atoms with Crippen molar-refractivity contribution < 1.29 is 14.3 Å². The van der Waals surface area contributed by atoms with E-state index >= 15 is 0 Å². The van der Waals surface area contributed by atoms with Gasteiger partial charge in [0.1, 0.15) is 5.75 Å². The van der Waals surface area contributed by atoms with E-state index in [1.807, 2.05) is 24.3 Å². The molecule has 0 spiro atoms. The van der Waals surface area contributed by atoms with Gasteiger partial charge in [0.25, 0.3) is 0 Å². The Bertz CT molecular complexity index is 595. The molecular weight excluding hydrogens is 322 g/mol. The van der Waals surface area contributed by atoms with E-state index in [9.17, 15) is 9.59 Å². The second kappa shape index (κ2) is 9.64. The number of methoxy groups -OCH3 is 1. The summed E-state index contributed by atoms with van der Waals surface area (Å²) in [7, 11) is 1.61. The summed E-state index contributed by atoms with van der Waals surface area (Å²) in [4.78, 5) is 25.3. The lowest BCUT2D eigenvalue weighted by atomic mass is 10.0. The fourth-order valence-electron chi connectivity index (χ4n) is 2.59. The van der Waals surface area contributed by atoms with Crippen LogP contribution in [0, 0.1) is 0 Å². The molecule has 1 heterocycles. The summed E-state index contributed by atoms with van der Waals surface area (Å²) in [6, 6.07) is 6.89. The zero-order valence-corrected chi connectivity index (χ0v) is 15.2. The molecular formula is C19H25NO3S. The van der Waals surface area contributed by atoms with Gasteiger partial charge < -0.3 is 4.74 Å². The minimum absolute atomic E-state index is 0.000136. The van der Waals surface area contributed by atoms with Crippen LogP contribution < -0.4 is 10.1 Å². The normalized spacial score (nSPS) is 18.2. The van der Waals surface area contributed by atoms with Crippen LogP contribution >= 0.6 is 11.8 Å². The highest BCUT2D eigenvalue weighted by molar-refractivity contribution is 8.04. The molecule has 1 aromatic carbocycles. The first kappa shape index (κ1) is 18.7. The van der Waals surface area contributed by atoms with Crippen molar-refractivity contribution >= 4 is 23.3 Å². The first-order chi connectivity index (χ1) is 11.7. The number of ketones is 2. The standard InChI is InChI=1S/C19H25NO3S/c1-3-4-5-6-11-24-18-12-16(21)19(20-13-17(18)22)14-7-9-15(23-2)10-8-14/h7-10,12,19-20H,3-6,11,13H2,1-2H3. The molecule has 0 bridgehead atoms. The van der Waals surface area contributed by atoms with Crippen molar-refractivity contribution in [2.45, 2.75) is 38.6 Å². The number of nitrogens with one attached hydrogen (secondary N) is 1. The monoisotopic (exact) mass is 347 g/mol. The second-order valence-electron chi connectivity index (χ2n) is 5.83. The molecule has 1 aromatic rings. The Hall–Kier alpha value is -1.59. The van der Waals surface area contributed by atoms with Crippen LogP contribution in [0.2, 0.25) is 0 Å². The number of Topliss-reactive ketones (excluding diaryl/α,β-unsaturated/α-hetero) is 1. The summed E-state index contributed by atoms with van der Waals surface area (Å²) in [5, 5.41) is 3.07. The molecule has 130 valence electrons. The first-order valence-electron chi connectivity index (χ1n) is 8.44. The molecule has 1 aliphatic rings. The molecule has 1 atom stereocenters. The molecule has 0 aliphatic carbocycles. The molecule has 2 rings (SSSR count). The van der Waals surface area contributed by atoms with Crippen molar-refractivity contribution in [3.05, 3.63) is 40.8 Å². The maximum Gasteiger partial charge on any atom is 0.183 e. The van der Waals surface area contributed by atoms with Crippen molar-refractivity contribution in [1.29, 1.82) is 0 Å². The van der Waals surface area contributed by atoms with Gasteiger partial charge >= 0.3 is 0 Å². The summed E-state index contributed by atoms with van der Waals surface area (Å²) in [6.07, 6.45) is 6.17. The fourth-order valence-corrected chi connectivity index (χ4v) is 3.59. The maximum atomic E-state index is 12.5. The molecule has 0 saturated heterocycles. The number of carbonyl (C=O) groups excluding carboxylic acids is 2. The lowest BCUT2D eigenvalue weighted by Gasteiger charge is -2.14. The summed E-state index contributed by atoms with van der Waals surface area (Å²) >= 11 is 1.51. The molecule has 1 N–H and O–H groups in total. The Morgan fingerprint density at radius 1 is 1.17 bits per heavy atom. The smallest absolute Gasteiger partial charge is 0.183 e. The Morgan fingerprint density at radius 3 is 2.58 bits per heavy atom. The Morgan fingerprint density at radius 2 is 1.92 bits per heavy atom. The van der Waals surface area contributed by atoms with E-state index in [4.69, 9.17) is 4.74 Å². The molecule has 0 fully saturated rings. The van der Waals surface area contributed by atoms with E-state index in [0.717, 1.165) is 23.5 Å². The molecule has 1 unspecified atom stereocenters. The Kier molecular flexibility index (Phi) is 7.53. The van der Waals surface area contributed by atoms with Crippen LogP contribution in [0.1, 0.15) is 44.2 Å². The van der Waals surface area contributed by atoms with Gasteiger partial charge in [-0.1, -0.05) is 38.3 Å². The lowest BCUT2D eigenvalue weighted by molar-refractivity contribution is -0.116. The van der Waals surface area contributed by atoms with Gasteiger partial charge in [-0.15, -0.1) is 11.8 Å². The zero-order valence-electron chi connectivity index (χ0n) is 14.3. The molecule has 24 heavy (non-hydrogen) atoms. The van der Waals surface area contributed by atoms with E-state index in [1.54, 1.807) is 7.11 Å². The van der Waals surface area contributed by atoms with E-state index in [-0.39, 0.29) is 18.1 Å². The van der Waals surface area contributed by atoms with Gasteiger partial charge in [-0.05, 0) is 29.9 Å². The molecule has 0 radical (unpaired) electrons. The largest absolute Gasteiger partial charge is 0.497 e. The Labute approximate surface area is 148 Å². The van der Waals surface area contributed by atoms with Crippen molar-refractivity contribution in [2.24, 2.45) is 0 Å². The number of hydrogen-bond acceptors (Lipinski definition) is 5. The predicted molar refractivity (Wildman–Crippen MR) is 98.4 cm³/mol. The van der Waals surface area contributed by atoms with Gasteiger partial charge in [-0.25, -0.2) is 0 Å². The van der Waals surface area contributed by atoms with Crippen LogP contribution in [0.5, 0.6) is 5.75 Å². The van der Waals surface area contributed by atoms with Gasteiger partial charge in [0.15, 0.2) is 11.6 Å². The van der Waals surface area contributed by atoms with Crippen molar-refractivity contribution in [1.82, 2.24) is 5.32 Å². The first-order valence-corrected chi connectivity index (χ1v) is 9.43. The topological polar surface area (TPSA) is 55.4 Å². The van der Waals surface area contributed by atoms with Gasteiger partial charge in [0, 0.05) is 6.08 Å². The van der Waals surface area contributed by atoms with E-state index < -0.39 is 6.04 Å². The number of hydrogen-bond donors (Lipinski definition) is 1. The number of rotatable bonds is 8. The summed E-state index contributed by atoms with van der Waals surface area (Å²) in [6.45, 7) is 2.37. The summed E-state index contributed by atoms with van der Waals surface area (Å²) < 4.78 is 5.14. The third-order valence-corrected chi connectivity index (χ3v) is 5.15. The number of unbranched alkanes of at least 4 members (excludes halogenated alkanes) is 3. The van der Waals surface area contributed by atoms with Crippen LogP contribution in [0.4, 0.5) is 0 Å². The molecule has 0 aromatic heterocycles. The average molecular weight is 347 g/mol. The second-order valence-corrected chi connectivity index (χ2v) is 6.97. The van der Waals surface area contributed by atoms with Crippen LogP contribution in [0.3, 0.4) is 0 Å². The molecule has 4 nitrogen and oxygen atoms in total. The highest BCUT2D eigenvalue weighted by Crippen LogP contribution is 2.25. The van der Waals surface area contributed by atoms with Crippen molar-refractivity contribution in [2.75, 3.05) is 19.4 Å². The predicted octanol–water partition coefficient (Wildman–Crippen LogP) is 3.68. The minimum atomic E-state index is -0.474. The van der Waals surface area contributed by atoms with Gasteiger partial charge in [0.05, 0.1) is 24.6 Å². The van der Waals surface area contributed by atoms with Crippen LogP contribution in [0.25, 0.3) is 0 Å². The third-order valence-electron chi connectivity index (χ3n) is 4.00. The minimum Gasteiger partial charge on any atom is -0.497 e. The maximum absolute atomic E-state index is 12.5. The lowest BCUT2D eigenvalue weighted by Crippen LogP contribution is -2.29. The molecule has 0 amide bonds. The van der Waals surface area contributed by atoms with Crippen molar-refractivity contribution in [3.8, 4) is 5.75 Å².